The van der Waals surface area contributed by atoms with Crippen molar-refractivity contribution in [3.8, 4) is 0 Å². The molecule has 2 amide bonds. The molecule has 0 radical (unpaired) electrons. The van der Waals surface area contributed by atoms with Gasteiger partial charge in [-0.05, 0) is 39.1 Å². The number of hydrogen-bond acceptors (Lipinski definition) is 4. The number of rotatable bonds is 5. The van der Waals surface area contributed by atoms with E-state index in [-0.39, 0.29) is 5.91 Å². The fraction of sp³-hybridized carbons (Fsp3) is 0.500. The molecule has 1 aromatic rings. The molecule has 0 aliphatic heterocycles. The van der Waals surface area contributed by atoms with Crippen LogP contribution in [0.3, 0.4) is 0 Å². The van der Waals surface area contributed by atoms with Crippen molar-refractivity contribution in [2.45, 2.75) is 39.3 Å². The quantitative estimate of drug-likeness (QED) is 0.864. The molecule has 0 fully saturated rings. The van der Waals surface area contributed by atoms with E-state index in [9.17, 15) is 14.4 Å². The largest absolute Gasteiger partial charge is 0.480 e. The highest BCUT2D eigenvalue weighted by Gasteiger charge is 2.32. The number of carboxylic acid groups (broad SMARTS) is 1. The fourth-order valence-corrected chi connectivity index (χ4v) is 2.38. The number of aliphatic carboxylic acids is 1. The molecule has 1 heterocycles. The molecule has 0 aliphatic carbocycles. The minimum Gasteiger partial charge on any atom is -0.480 e. The van der Waals surface area contributed by atoms with Crippen LogP contribution in [-0.4, -0.2) is 45.9 Å². The molecule has 0 bridgehead atoms. The highest BCUT2D eigenvalue weighted by Crippen LogP contribution is 2.15. The van der Waals surface area contributed by atoms with Crippen molar-refractivity contribution < 1.29 is 19.5 Å². The van der Waals surface area contributed by atoms with Gasteiger partial charge in [0.15, 0.2) is 0 Å². The van der Waals surface area contributed by atoms with Gasteiger partial charge in [0.05, 0.1) is 4.88 Å². The molecule has 1 unspecified atom stereocenters. The lowest BCUT2D eigenvalue weighted by Crippen LogP contribution is -2.55. The van der Waals surface area contributed by atoms with Crippen molar-refractivity contribution in [3.63, 3.8) is 0 Å². The summed E-state index contributed by atoms with van der Waals surface area (Å²) in [7, 11) is 0. The third kappa shape index (κ3) is 4.86. The molecule has 7 heteroatoms. The van der Waals surface area contributed by atoms with Gasteiger partial charge in [-0.1, -0.05) is 6.07 Å². The Bertz CT molecular complexity index is 520. The summed E-state index contributed by atoms with van der Waals surface area (Å²) in [6.45, 7) is 6.40. The summed E-state index contributed by atoms with van der Waals surface area (Å²) in [5, 5.41) is 13.3. The maximum atomic E-state index is 12.4. The van der Waals surface area contributed by atoms with Crippen LogP contribution in [0.4, 0.5) is 0 Å². The van der Waals surface area contributed by atoms with Crippen LogP contribution in [0.2, 0.25) is 0 Å². The molecular weight excluding hydrogens is 292 g/mol. The molecular formula is C14H20N2O4S. The zero-order valence-electron chi connectivity index (χ0n) is 12.5. The van der Waals surface area contributed by atoms with Gasteiger partial charge in [0, 0.05) is 5.54 Å². The summed E-state index contributed by atoms with van der Waals surface area (Å²) in [6, 6.07) is 2.62. The summed E-state index contributed by atoms with van der Waals surface area (Å²) in [6.07, 6.45) is 0. The van der Waals surface area contributed by atoms with Crippen molar-refractivity contribution in [1.29, 1.82) is 0 Å². The first-order valence-corrected chi connectivity index (χ1v) is 7.38. The van der Waals surface area contributed by atoms with E-state index in [0.717, 1.165) is 0 Å². The standard InChI is InChI=1S/C14H20N2O4S/c1-9(15-12(19)10-6-5-7-21-10)13(20)16(8-11(17)18)14(2,3)4/h5-7,9H,8H2,1-4H3,(H,15,19)(H,17,18). The first-order chi connectivity index (χ1) is 9.62. The lowest BCUT2D eigenvalue weighted by atomic mass is 10.0. The molecule has 6 nitrogen and oxygen atoms in total. The van der Waals surface area contributed by atoms with E-state index in [0.29, 0.717) is 4.88 Å². The number of hydrogen-bond donors (Lipinski definition) is 2. The second kappa shape index (κ2) is 6.71. The molecule has 1 atom stereocenters. The highest BCUT2D eigenvalue weighted by molar-refractivity contribution is 7.12. The number of nitrogens with zero attached hydrogens (tertiary/aromatic N) is 1. The second-order valence-corrected chi connectivity index (χ2v) is 6.61. The van der Waals surface area contributed by atoms with E-state index >= 15 is 0 Å². The van der Waals surface area contributed by atoms with Crippen molar-refractivity contribution >= 4 is 29.1 Å². The van der Waals surface area contributed by atoms with Crippen molar-refractivity contribution in [3.05, 3.63) is 22.4 Å². The fourth-order valence-electron chi connectivity index (χ4n) is 1.75. The zero-order chi connectivity index (χ0) is 16.2. The van der Waals surface area contributed by atoms with Gasteiger partial charge in [0.25, 0.3) is 5.91 Å². The van der Waals surface area contributed by atoms with Gasteiger partial charge in [-0.2, -0.15) is 0 Å². The summed E-state index contributed by atoms with van der Waals surface area (Å²) < 4.78 is 0. The van der Waals surface area contributed by atoms with Crippen LogP contribution in [0.15, 0.2) is 17.5 Å². The van der Waals surface area contributed by atoms with Crippen LogP contribution in [0, 0.1) is 0 Å². The molecule has 0 aliphatic rings. The van der Waals surface area contributed by atoms with Crippen molar-refractivity contribution in [2.75, 3.05) is 6.54 Å². The Balaban J connectivity index is 2.79. The van der Waals surface area contributed by atoms with Crippen LogP contribution in [0.25, 0.3) is 0 Å². The van der Waals surface area contributed by atoms with Gasteiger partial charge >= 0.3 is 5.97 Å². The lowest BCUT2D eigenvalue weighted by Gasteiger charge is -2.36. The number of nitrogens with one attached hydrogen (secondary N) is 1. The topological polar surface area (TPSA) is 86.7 Å². The van der Waals surface area contributed by atoms with E-state index in [1.54, 1.807) is 45.2 Å². The number of carboxylic acids is 1. The average molecular weight is 312 g/mol. The number of thiophene rings is 1. The molecule has 0 saturated carbocycles. The third-order valence-electron chi connectivity index (χ3n) is 2.83. The molecule has 2 N–H and O–H groups in total. The number of amides is 2. The van der Waals surface area contributed by atoms with Crippen LogP contribution < -0.4 is 5.32 Å². The predicted molar refractivity (Wildman–Crippen MR) is 80.3 cm³/mol. The lowest BCUT2D eigenvalue weighted by molar-refractivity contribution is -0.149. The van der Waals surface area contributed by atoms with Gasteiger partial charge in [-0.15, -0.1) is 11.3 Å². The number of carbonyl (C=O) groups excluding carboxylic acids is 2. The Morgan fingerprint density at radius 2 is 2.00 bits per heavy atom. The van der Waals surface area contributed by atoms with E-state index in [1.165, 1.54) is 16.2 Å². The van der Waals surface area contributed by atoms with Gasteiger partial charge in [-0.25, -0.2) is 0 Å². The van der Waals surface area contributed by atoms with Gasteiger partial charge in [-0.3, -0.25) is 14.4 Å². The van der Waals surface area contributed by atoms with Crippen molar-refractivity contribution in [1.82, 2.24) is 10.2 Å². The summed E-state index contributed by atoms with van der Waals surface area (Å²) in [4.78, 5) is 37.0. The Hall–Kier alpha value is -1.89. The summed E-state index contributed by atoms with van der Waals surface area (Å²) in [5.41, 5.74) is -0.641. The maximum Gasteiger partial charge on any atom is 0.323 e. The van der Waals surface area contributed by atoms with Gasteiger partial charge in [0.1, 0.15) is 12.6 Å². The molecule has 0 saturated heterocycles. The molecule has 116 valence electrons. The van der Waals surface area contributed by atoms with Gasteiger partial charge < -0.3 is 15.3 Å². The second-order valence-electron chi connectivity index (χ2n) is 5.66. The Labute approximate surface area is 127 Å². The summed E-state index contributed by atoms with van der Waals surface area (Å²) in [5.74, 6) is -1.85. The third-order valence-corrected chi connectivity index (χ3v) is 3.70. The zero-order valence-corrected chi connectivity index (χ0v) is 13.4. The molecule has 1 aromatic heterocycles. The van der Waals surface area contributed by atoms with E-state index < -0.39 is 30.0 Å². The number of carbonyl (C=O) groups is 3. The normalized spacial score (nSPS) is 12.6. The van der Waals surface area contributed by atoms with Gasteiger partial charge in [0.2, 0.25) is 5.91 Å². The molecule has 0 aromatic carbocycles. The molecule has 21 heavy (non-hydrogen) atoms. The summed E-state index contributed by atoms with van der Waals surface area (Å²) >= 11 is 1.28. The van der Waals surface area contributed by atoms with Crippen LogP contribution in [0.1, 0.15) is 37.4 Å². The minimum atomic E-state index is -1.09. The van der Waals surface area contributed by atoms with E-state index in [4.69, 9.17) is 5.11 Å². The van der Waals surface area contributed by atoms with Crippen LogP contribution >= 0.6 is 11.3 Å². The minimum absolute atomic E-state index is 0.338. The SMILES string of the molecule is CC(NC(=O)c1cccs1)C(=O)N(CC(=O)O)C(C)(C)C. The highest BCUT2D eigenvalue weighted by atomic mass is 32.1. The smallest absolute Gasteiger partial charge is 0.323 e. The molecule has 1 rings (SSSR count). The van der Waals surface area contributed by atoms with E-state index in [2.05, 4.69) is 5.32 Å². The Kier molecular flexibility index (Phi) is 5.48. The maximum absolute atomic E-state index is 12.4. The first-order valence-electron chi connectivity index (χ1n) is 6.50. The van der Waals surface area contributed by atoms with Crippen LogP contribution in [0.5, 0.6) is 0 Å². The van der Waals surface area contributed by atoms with E-state index in [1.807, 2.05) is 0 Å². The first kappa shape index (κ1) is 17.2. The monoisotopic (exact) mass is 312 g/mol. The Morgan fingerprint density at radius 3 is 2.43 bits per heavy atom. The predicted octanol–water partition coefficient (Wildman–Crippen LogP) is 1.58. The molecule has 0 spiro atoms. The van der Waals surface area contributed by atoms with Crippen molar-refractivity contribution in [2.24, 2.45) is 0 Å². The van der Waals surface area contributed by atoms with Crippen LogP contribution in [-0.2, 0) is 9.59 Å². The average Bonchev–Trinajstić information content (AvgIpc) is 2.87. The Morgan fingerprint density at radius 1 is 1.38 bits per heavy atom.